The molecule has 1 aromatic carbocycles. The predicted octanol–water partition coefficient (Wildman–Crippen LogP) is 7.39. The number of likely N-dealkylation sites (tertiary alicyclic amines) is 1. The number of hydrogen-bond acceptors (Lipinski definition) is 4. The molecule has 0 unspecified atom stereocenters. The summed E-state index contributed by atoms with van der Waals surface area (Å²) in [5, 5.41) is 0. The zero-order chi connectivity index (χ0) is 24.2. The van der Waals surface area contributed by atoms with Crippen molar-refractivity contribution >= 4 is 6.09 Å². The molecule has 0 saturated carbocycles. The first-order chi connectivity index (χ1) is 16.5. The largest absolute Gasteiger partial charge is 0.445 e. The smallest absolute Gasteiger partial charge is 0.410 e. The zero-order valence-electron chi connectivity index (χ0n) is 21.5. The highest BCUT2D eigenvalue weighted by atomic mass is 16.7. The lowest BCUT2D eigenvalue weighted by Gasteiger charge is -2.50. The van der Waals surface area contributed by atoms with E-state index in [1.54, 1.807) is 0 Å². The second kappa shape index (κ2) is 13.9. The van der Waals surface area contributed by atoms with E-state index in [0.717, 1.165) is 31.2 Å². The third kappa shape index (κ3) is 8.42. The van der Waals surface area contributed by atoms with Gasteiger partial charge in [-0.25, -0.2) is 4.79 Å². The lowest BCUT2D eigenvalue weighted by molar-refractivity contribution is -0.301. The Morgan fingerprint density at radius 3 is 2.56 bits per heavy atom. The van der Waals surface area contributed by atoms with Crippen molar-refractivity contribution < 1.29 is 19.0 Å². The van der Waals surface area contributed by atoms with Gasteiger partial charge in [-0.05, 0) is 51.5 Å². The number of unbranched alkanes of at least 4 members (excludes halogenated alkanes) is 7. The highest BCUT2D eigenvalue weighted by Gasteiger charge is 2.46. The summed E-state index contributed by atoms with van der Waals surface area (Å²) < 4.78 is 17.9. The van der Waals surface area contributed by atoms with Crippen LogP contribution in [-0.4, -0.2) is 41.6 Å². The molecule has 2 heterocycles. The summed E-state index contributed by atoms with van der Waals surface area (Å²) in [6.45, 7) is 6.91. The van der Waals surface area contributed by atoms with Gasteiger partial charge in [-0.15, -0.1) is 0 Å². The van der Waals surface area contributed by atoms with Gasteiger partial charge in [-0.2, -0.15) is 0 Å². The molecule has 3 atom stereocenters. The number of carbonyl (C=O) groups excluding carboxylic acids is 1. The lowest BCUT2D eigenvalue weighted by Crippen LogP contribution is -2.63. The van der Waals surface area contributed by atoms with Crippen LogP contribution in [0.25, 0.3) is 0 Å². The first kappa shape index (κ1) is 26.7. The average Bonchev–Trinajstić information content (AvgIpc) is 2.83. The minimum atomic E-state index is -0.607. The van der Waals surface area contributed by atoms with Crippen molar-refractivity contribution in [2.45, 2.75) is 122 Å². The van der Waals surface area contributed by atoms with Gasteiger partial charge in [0.2, 0.25) is 0 Å². The summed E-state index contributed by atoms with van der Waals surface area (Å²) in [6, 6.07) is 9.86. The minimum absolute atomic E-state index is 0.0130. The lowest BCUT2D eigenvalue weighted by atomic mass is 9.90. The fraction of sp³-hybridized carbons (Fsp3) is 0.690. The van der Waals surface area contributed by atoms with Crippen LogP contribution in [0.2, 0.25) is 0 Å². The molecule has 0 radical (unpaired) electrons. The van der Waals surface area contributed by atoms with Crippen molar-refractivity contribution in [1.29, 1.82) is 0 Å². The van der Waals surface area contributed by atoms with Crippen molar-refractivity contribution in [3.05, 3.63) is 48.0 Å². The maximum atomic E-state index is 13.2. The molecule has 2 fully saturated rings. The molecule has 2 aliphatic rings. The van der Waals surface area contributed by atoms with Gasteiger partial charge < -0.3 is 14.2 Å². The third-order valence-electron chi connectivity index (χ3n) is 6.97. The second-order valence-electron chi connectivity index (χ2n) is 10.2. The standard InChI is InChI=1S/C29H45NO4/c1-4-5-6-7-8-9-10-11-12-16-19-25-20-21-27-26(23-33-29(2,3)34-27)30(25)28(31)32-22-24-17-14-13-15-18-24/h12-18,25-27H,4-11,19-23H2,1-3H3/b16-12+/t25-,26-,27+/m1/s1. The molecule has 0 bridgehead atoms. The zero-order valence-corrected chi connectivity index (χ0v) is 21.5. The number of carbonyl (C=O) groups is 1. The Balaban J connectivity index is 1.52. The number of nitrogens with zero attached hydrogens (tertiary/aromatic N) is 1. The van der Waals surface area contributed by atoms with Crippen molar-refractivity contribution in [3.8, 4) is 0 Å². The quantitative estimate of drug-likeness (QED) is 0.235. The number of rotatable bonds is 12. The number of amides is 1. The topological polar surface area (TPSA) is 48.0 Å². The van der Waals surface area contributed by atoms with Crippen LogP contribution in [0.5, 0.6) is 0 Å². The van der Waals surface area contributed by atoms with E-state index in [1.165, 1.54) is 44.9 Å². The Hall–Kier alpha value is -1.85. The minimum Gasteiger partial charge on any atom is -0.445 e. The van der Waals surface area contributed by atoms with Crippen LogP contribution < -0.4 is 0 Å². The fourth-order valence-corrected chi connectivity index (χ4v) is 5.05. The fourth-order valence-electron chi connectivity index (χ4n) is 5.05. The summed E-state index contributed by atoms with van der Waals surface area (Å²) in [5.74, 6) is -0.607. The number of benzene rings is 1. The Morgan fingerprint density at radius 1 is 1.06 bits per heavy atom. The molecule has 0 spiro atoms. The van der Waals surface area contributed by atoms with Crippen molar-refractivity contribution in [3.63, 3.8) is 0 Å². The van der Waals surface area contributed by atoms with Gasteiger partial charge >= 0.3 is 6.09 Å². The Morgan fingerprint density at radius 2 is 1.79 bits per heavy atom. The van der Waals surface area contributed by atoms with Gasteiger partial charge in [0.1, 0.15) is 6.61 Å². The van der Waals surface area contributed by atoms with Crippen LogP contribution in [0, 0.1) is 0 Å². The molecule has 5 nitrogen and oxygen atoms in total. The maximum absolute atomic E-state index is 13.2. The van der Waals surface area contributed by atoms with Gasteiger partial charge in [-0.3, -0.25) is 4.90 Å². The van der Waals surface area contributed by atoms with E-state index in [0.29, 0.717) is 6.61 Å². The second-order valence-corrected chi connectivity index (χ2v) is 10.2. The van der Waals surface area contributed by atoms with Crippen LogP contribution in [0.1, 0.15) is 97.0 Å². The normalized spacial score (nSPS) is 24.2. The monoisotopic (exact) mass is 471 g/mol. The van der Waals surface area contributed by atoms with E-state index in [1.807, 2.05) is 49.1 Å². The first-order valence-electron chi connectivity index (χ1n) is 13.5. The summed E-state index contributed by atoms with van der Waals surface area (Å²) in [4.78, 5) is 15.2. The molecule has 190 valence electrons. The molecule has 0 aliphatic carbocycles. The van der Waals surface area contributed by atoms with Crippen LogP contribution in [-0.2, 0) is 20.8 Å². The SMILES string of the molecule is CCCCCCCCC/C=C/C[C@@H]1CC[C@@H]2OC(C)(C)OC[C@H]2N1C(=O)OCc1ccccc1. The highest BCUT2D eigenvalue weighted by molar-refractivity contribution is 5.69. The Bertz CT molecular complexity index is 748. The van der Waals surface area contributed by atoms with E-state index in [9.17, 15) is 4.79 Å². The molecule has 5 heteroatoms. The number of piperidine rings is 1. The maximum Gasteiger partial charge on any atom is 0.410 e. The van der Waals surface area contributed by atoms with E-state index in [2.05, 4.69) is 19.1 Å². The first-order valence-corrected chi connectivity index (χ1v) is 13.5. The Kier molecular flexibility index (Phi) is 10.9. The van der Waals surface area contributed by atoms with Crippen molar-refractivity contribution in [2.24, 2.45) is 0 Å². The van der Waals surface area contributed by atoms with Crippen LogP contribution in [0.4, 0.5) is 4.79 Å². The van der Waals surface area contributed by atoms with Crippen LogP contribution >= 0.6 is 0 Å². The van der Waals surface area contributed by atoms with Gasteiger partial charge in [-0.1, -0.05) is 87.9 Å². The van der Waals surface area contributed by atoms with Gasteiger partial charge in [0.05, 0.1) is 18.8 Å². The van der Waals surface area contributed by atoms with E-state index >= 15 is 0 Å². The third-order valence-corrected chi connectivity index (χ3v) is 6.97. The number of allylic oxidation sites excluding steroid dienone is 1. The van der Waals surface area contributed by atoms with Gasteiger partial charge in [0.25, 0.3) is 0 Å². The molecule has 0 aromatic heterocycles. The molecule has 0 N–H and O–H groups in total. The van der Waals surface area contributed by atoms with E-state index < -0.39 is 5.79 Å². The molecular formula is C29H45NO4. The average molecular weight is 472 g/mol. The number of fused-ring (bicyclic) bond motifs is 1. The molecule has 2 aliphatic heterocycles. The number of ether oxygens (including phenoxy) is 3. The van der Waals surface area contributed by atoms with Gasteiger partial charge in [0.15, 0.2) is 5.79 Å². The predicted molar refractivity (Wildman–Crippen MR) is 137 cm³/mol. The number of hydrogen-bond donors (Lipinski definition) is 0. The van der Waals surface area contributed by atoms with Crippen molar-refractivity contribution in [2.75, 3.05) is 6.61 Å². The van der Waals surface area contributed by atoms with Crippen LogP contribution in [0.15, 0.2) is 42.5 Å². The summed E-state index contributed by atoms with van der Waals surface area (Å²) in [5.41, 5.74) is 0.993. The Labute approximate surface area is 206 Å². The molecule has 1 amide bonds. The van der Waals surface area contributed by atoms with E-state index in [4.69, 9.17) is 14.2 Å². The molecule has 34 heavy (non-hydrogen) atoms. The van der Waals surface area contributed by atoms with Gasteiger partial charge in [0, 0.05) is 6.04 Å². The van der Waals surface area contributed by atoms with Crippen LogP contribution in [0.3, 0.4) is 0 Å². The summed E-state index contributed by atoms with van der Waals surface area (Å²) in [6.07, 6.45) is 17.4. The highest BCUT2D eigenvalue weighted by Crippen LogP contribution is 2.35. The molecule has 1 aromatic rings. The summed E-state index contributed by atoms with van der Waals surface area (Å²) >= 11 is 0. The molecular weight excluding hydrogens is 426 g/mol. The van der Waals surface area contributed by atoms with E-state index in [-0.39, 0.29) is 30.9 Å². The van der Waals surface area contributed by atoms with Crippen molar-refractivity contribution in [1.82, 2.24) is 4.90 Å². The summed E-state index contributed by atoms with van der Waals surface area (Å²) in [7, 11) is 0. The molecule has 2 saturated heterocycles. The molecule has 3 rings (SSSR count).